The third-order valence-electron chi connectivity index (χ3n) is 1.88. The second kappa shape index (κ2) is 7.07. The summed E-state index contributed by atoms with van der Waals surface area (Å²) in [6, 6.07) is 1.26. The highest BCUT2D eigenvalue weighted by molar-refractivity contribution is 6.33. The van der Waals surface area contributed by atoms with Crippen LogP contribution in [-0.4, -0.2) is 42.2 Å². The van der Waals surface area contributed by atoms with Crippen molar-refractivity contribution in [1.29, 1.82) is 0 Å². The zero-order valence-corrected chi connectivity index (χ0v) is 9.95. The Morgan fingerprint density at radius 2 is 2.33 bits per heavy atom. The third kappa shape index (κ3) is 4.80. The maximum atomic E-state index is 11.7. The van der Waals surface area contributed by atoms with E-state index in [4.69, 9.17) is 16.7 Å². The summed E-state index contributed by atoms with van der Waals surface area (Å²) < 4.78 is 28.1. The van der Waals surface area contributed by atoms with Crippen LogP contribution in [-0.2, 0) is 4.74 Å². The lowest BCUT2D eigenvalue weighted by Crippen LogP contribution is -2.14. The fraction of sp³-hybridized carbons (Fsp3) is 0.400. The minimum atomic E-state index is -2.50. The molecule has 1 aromatic heterocycles. The quantitative estimate of drug-likeness (QED) is 0.749. The van der Waals surface area contributed by atoms with E-state index in [2.05, 4.69) is 15.0 Å². The molecule has 0 saturated heterocycles. The number of alkyl halides is 2. The van der Waals surface area contributed by atoms with E-state index in [-0.39, 0.29) is 29.6 Å². The number of carboxylic acids is 1. The highest BCUT2D eigenvalue weighted by Gasteiger charge is 2.10. The number of hydrogen-bond donors (Lipinski definition) is 2. The molecule has 0 aliphatic heterocycles. The van der Waals surface area contributed by atoms with E-state index in [1.165, 1.54) is 12.3 Å². The van der Waals surface area contributed by atoms with Crippen LogP contribution in [0.1, 0.15) is 10.4 Å². The van der Waals surface area contributed by atoms with Crippen molar-refractivity contribution in [2.45, 2.75) is 6.43 Å². The number of halogens is 3. The van der Waals surface area contributed by atoms with Crippen molar-refractivity contribution in [1.82, 2.24) is 4.98 Å². The SMILES string of the molecule is O=C(O)c1cc(NCCOCC(F)F)ncc1Cl. The molecule has 100 valence electrons. The monoisotopic (exact) mass is 280 g/mol. The van der Waals surface area contributed by atoms with Crippen LogP contribution in [0, 0.1) is 0 Å². The summed E-state index contributed by atoms with van der Waals surface area (Å²) in [6.07, 6.45) is -1.30. The number of nitrogens with zero attached hydrogens (tertiary/aromatic N) is 1. The first-order valence-electron chi connectivity index (χ1n) is 4.99. The molecule has 0 aliphatic carbocycles. The molecule has 0 amide bonds. The van der Waals surface area contributed by atoms with Crippen molar-refractivity contribution in [3.63, 3.8) is 0 Å². The van der Waals surface area contributed by atoms with Crippen LogP contribution >= 0.6 is 11.6 Å². The van der Waals surface area contributed by atoms with Crippen molar-refractivity contribution >= 4 is 23.4 Å². The normalized spacial score (nSPS) is 10.7. The first-order valence-corrected chi connectivity index (χ1v) is 5.37. The Morgan fingerprint density at radius 1 is 1.61 bits per heavy atom. The highest BCUT2D eigenvalue weighted by Crippen LogP contribution is 2.17. The number of rotatable bonds is 7. The average Bonchev–Trinajstić information content (AvgIpc) is 2.30. The molecule has 2 N–H and O–H groups in total. The Bertz CT molecular complexity index is 418. The van der Waals surface area contributed by atoms with Gasteiger partial charge in [-0.05, 0) is 6.07 Å². The number of hydrogen-bond acceptors (Lipinski definition) is 4. The van der Waals surface area contributed by atoms with Gasteiger partial charge >= 0.3 is 5.97 Å². The van der Waals surface area contributed by atoms with E-state index < -0.39 is 19.0 Å². The maximum Gasteiger partial charge on any atom is 0.337 e. The maximum absolute atomic E-state index is 11.7. The van der Waals surface area contributed by atoms with Crippen LogP contribution in [0.5, 0.6) is 0 Å². The second-order valence-corrected chi connectivity index (χ2v) is 3.65. The Morgan fingerprint density at radius 3 is 2.94 bits per heavy atom. The molecule has 18 heavy (non-hydrogen) atoms. The van der Waals surface area contributed by atoms with Gasteiger partial charge in [0, 0.05) is 12.7 Å². The van der Waals surface area contributed by atoms with Gasteiger partial charge in [0.15, 0.2) is 0 Å². The fourth-order valence-corrected chi connectivity index (χ4v) is 1.31. The van der Waals surface area contributed by atoms with Crippen molar-refractivity contribution < 1.29 is 23.4 Å². The highest BCUT2D eigenvalue weighted by atomic mass is 35.5. The van der Waals surface area contributed by atoms with Crippen LogP contribution < -0.4 is 5.32 Å². The molecule has 0 fully saturated rings. The van der Waals surface area contributed by atoms with E-state index in [0.717, 1.165) is 0 Å². The number of anilines is 1. The van der Waals surface area contributed by atoms with Gasteiger partial charge in [-0.1, -0.05) is 11.6 Å². The minimum absolute atomic E-state index is 0.0296. The predicted octanol–water partition coefficient (Wildman–Crippen LogP) is 2.13. The molecule has 1 rings (SSSR count). The number of pyridine rings is 1. The first kappa shape index (κ1) is 14.6. The van der Waals surface area contributed by atoms with Crippen LogP contribution in [0.2, 0.25) is 5.02 Å². The topological polar surface area (TPSA) is 71.5 Å². The molecule has 0 bridgehead atoms. The summed E-state index contributed by atoms with van der Waals surface area (Å²) in [5.41, 5.74) is -0.0809. The number of aromatic carboxylic acids is 1. The third-order valence-corrected chi connectivity index (χ3v) is 2.18. The fourth-order valence-electron chi connectivity index (χ4n) is 1.12. The lowest BCUT2D eigenvalue weighted by atomic mass is 10.2. The van der Waals surface area contributed by atoms with Crippen molar-refractivity contribution in [3.8, 4) is 0 Å². The molecule has 0 atom stereocenters. The lowest BCUT2D eigenvalue weighted by Gasteiger charge is -2.07. The summed E-state index contributed by atoms with van der Waals surface area (Å²) in [4.78, 5) is 14.6. The van der Waals surface area contributed by atoms with Gasteiger partial charge in [-0.15, -0.1) is 0 Å². The van der Waals surface area contributed by atoms with Crippen LogP contribution in [0.15, 0.2) is 12.3 Å². The van der Waals surface area contributed by atoms with Gasteiger partial charge in [0.25, 0.3) is 6.43 Å². The van der Waals surface area contributed by atoms with Crippen LogP contribution in [0.25, 0.3) is 0 Å². The molecule has 0 unspecified atom stereocenters. The molecule has 0 aromatic carbocycles. The van der Waals surface area contributed by atoms with Crippen molar-refractivity contribution in [3.05, 3.63) is 22.8 Å². The largest absolute Gasteiger partial charge is 0.478 e. The summed E-state index contributed by atoms with van der Waals surface area (Å²) >= 11 is 5.63. The lowest BCUT2D eigenvalue weighted by molar-refractivity contribution is 0.0214. The van der Waals surface area contributed by atoms with Crippen LogP contribution in [0.3, 0.4) is 0 Å². The van der Waals surface area contributed by atoms with E-state index in [0.29, 0.717) is 0 Å². The Kier molecular flexibility index (Phi) is 5.73. The van der Waals surface area contributed by atoms with Gasteiger partial charge < -0.3 is 15.2 Å². The second-order valence-electron chi connectivity index (χ2n) is 3.25. The summed E-state index contributed by atoms with van der Waals surface area (Å²) in [5, 5.41) is 11.6. The number of nitrogens with one attached hydrogen (secondary N) is 1. The van der Waals surface area contributed by atoms with Gasteiger partial charge in [-0.2, -0.15) is 0 Å². The van der Waals surface area contributed by atoms with Gasteiger partial charge in [-0.3, -0.25) is 0 Å². The number of ether oxygens (including phenoxy) is 1. The molecular formula is C10H11ClF2N2O3. The van der Waals surface area contributed by atoms with Crippen LogP contribution in [0.4, 0.5) is 14.6 Å². The van der Waals surface area contributed by atoms with Gasteiger partial charge in [-0.25, -0.2) is 18.6 Å². The Labute approximate surface area is 107 Å². The molecule has 1 aromatic rings. The zero-order valence-electron chi connectivity index (χ0n) is 9.20. The van der Waals surface area contributed by atoms with E-state index in [1.54, 1.807) is 0 Å². The van der Waals surface area contributed by atoms with Crippen molar-refractivity contribution in [2.75, 3.05) is 25.1 Å². The molecular weight excluding hydrogens is 270 g/mol. The standard InChI is InChI=1S/C10H11ClF2N2O3/c11-7-4-15-9(3-6(7)10(16)17)14-1-2-18-5-8(12)13/h3-4,8H,1-2,5H2,(H,14,15)(H,16,17). The average molecular weight is 281 g/mol. The van der Waals surface area contributed by atoms with Crippen molar-refractivity contribution in [2.24, 2.45) is 0 Å². The van der Waals surface area contributed by atoms with E-state index in [9.17, 15) is 13.6 Å². The van der Waals surface area contributed by atoms with Gasteiger partial charge in [0.1, 0.15) is 12.4 Å². The number of aromatic nitrogens is 1. The summed E-state index contributed by atoms with van der Waals surface area (Å²) in [5.74, 6) is -0.878. The number of carboxylic acid groups (broad SMARTS) is 1. The van der Waals surface area contributed by atoms with E-state index >= 15 is 0 Å². The summed E-state index contributed by atoms with van der Waals surface area (Å²) in [7, 11) is 0. The summed E-state index contributed by atoms with van der Waals surface area (Å²) in [6.45, 7) is -0.326. The molecule has 8 heteroatoms. The zero-order chi connectivity index (χ0) is 13.5. The molecule has 0 aliphatic rings. The minimum Gasteiger partial charge on any atom is -0.478 e. The number of carbonyl (C=O) groups is 1. The van der Waals surface area contributed by atoms with Gasteiger partial charge in [0.2, 0.25) is 0 Å². The smallest absolute Gasteiger partial charge is 0.337 e. The molecule has 0 spiro atoms. The molecule has 5 nitrogen and oxygen atoms in total. The van der Waals surface area contributed by atoms with E-state index in [1.807, 2.05) is 0 Å². The van der Waals surface area contributed by atoms with Gasteiger partial charge in [0.05, 0.1) is 17.2 Å². The first-order chi connectivity index (χ1) is 8.50. The molecule has 1 heterocycles. The molecule has 0 radical (unpaired) electrons. The Balaban J connectivity index is 2.43. The Hall–Kier alpha value is -1.47. The predicted molar refractivity (Wildman–Crippen MR) is 61.5 cm³/mol. The molecule has 0 saturated carbocycles.